The van der Waals surface area contributed by atoms with Crippen LogP contribution in [0.4, 0.5) is 0 Å². The lowest BCUT2D eigenvalue weighted by molar-refractivity contribution is 0.309. The van der Waals surface area contributed by atoms with Crippen molar-refractivity contribution in [1.29, 1.82) is 0 Å². The molecule has 0 aliphatic rings. The summed E-state index contributed by atoms with van der Waals surface area (Å²) >= 11 is 0. The van der Waals surface area contributed by atoms with Gasteiger partial charge in [-0.25, -0.2) is 0 Å². The largest absolute Gasteiger partial charge is 0.295 e. The van der Waals surface area contributed by atoms with Gasteiger partial charge in [-0.2, -0.15) is 0 Å². The molecule has 130 valence electrons. The molecule has 0 saturated heterocycles. The molecule has 0 spiro atoms. The molecular formula is C21H31N3. The minimum absolute atomic E-state index is 0.848. The fourth-order valence-corrected chi connectivity index (χ4v) is 3.15. The van der Waals surface area contributed by atoms with Crippen LogP contribution in [0.3, 0.4) is 0 Å². The van der Waals surface area contributed by atoms with Gasteiger partial charge >= 0.3 is 0 Å². The Labute approximate surface area is 147 Å². The van der Waals surface area contributed by atoms with Gasteiger partial charge in [0.05, 0.1) is 11.4 Å². The zero-order chi connectivity index (χ0) is 18.2. The molecule has 2 aromatic heterocycles. The van der Waals surface area contributed by atoms with Gasteiger partial charge in [-0.15, -0.1) is 0 Å². The van der Waals surface area contributed by atoms with Gasteiger partial charge in [0.15, 0.2) is 0 Å². The van der Waals surface area contributed by atoms with E-state index in [1.54, 1.807) is 0 Å². The van der Waals surface area contributed by atoms with Crippen molar-refractivity contribution in [3.8, 4) is 0 Å². The lowest BCUT2D eigenvalue weighted by Gasteiger charge is -2.21. The predicted molar refractivity (Wildman–Crippen MR) is 102 cm³/mol. The number of nitrogens with zero attached hydrogens (tertiary/aromatic N) is 3. The topological polar surface area (TPSA) is 29.0 Å². The Morgan fingerprint density at radius 1 is 0.542 bits per heavy atom. The van der Waals surface area contributed by atoms with Crippen LogP contribution in [-0.4, -0.2) is 21.9 Å². The van der Waals surface area contributed by atoms with Crippen LogP contribution in [0.1, 0.15) is 56.2 Å². The first-order valence-corrected chi connectivity index (χ1v) is 8.68. The summed E-state index contributed by atoms with van der Waals surface area (Å²) in [6.45, 7) is 19.0. The van der Waals surface area contributed by atoms with Crippen molar-refractivity contribution in [2.24, 2.45) is 0 Å². The van der Waals surface area contributed by atoms with Crippen LogP contribution in [0.15, 0.2) is 0 Å². The molecule has 3 heteroatoms. The van der Waals surface area contributed by atoms with Crippen LogP contribution in [-0.2, 0) is 13.1 Å². The standard InChI is InChI=1S/C21H31N3/c1-12-14(3)18(7)22-20(16(12)5)10-24(9)11-21-17(6)13(2)15(4)19(8)23-21/h10-11H2,1-9H3. The molecule has 0 bridgehead atoms. The lowest BCUT2D eigenvalue weighted by Crippen LogP contribution is -2.21. The van der Waals surface area contributed by atoms with E-state index in [0.717, 1.165) is 24.5 Å². The van der Waals surface area contributed by atoms with Gasteiger partial charge in [-0.3, -0.25) is 14.9 Å². The van der Waals surface area contributed by atoms with Crippen molar-refractivity contribution in [2.45, 2.75) is 68.5 Å². The molecular weight excluding hydrogens is 294 g/mol. The Bertz CT molecular complexity index is 710. The SMILES string of the molecule is Cc1nc(CN(C)Cc2nc(C)c(C)c(C)c2C)c(C)c(C)c1C. The molecule has 2 aromatic rings. The minimum Gasteiger partial charge on any atom is -0.295 e. The fourth-order valence-electron chi connectivity index (χ4n) is 3.15. The van der Waals surface area contributed by atoms with E-state index in [9.17, 15) is 0 Å². The highest BCUT2D eigenvalue weighted by Crippen LogP contribution is 2.22. The first-order valence-electron chi connectivity index (χ1n) is 8.68. The van der Waals surface area contributed by atoms with Crippen LogP contribution in [0.2, 0.25) is 0 Å². The smallest absolute Gasteiger partial charge is 0.0579 e. The highest BCUT2D eigenvalue weighted by Gasteiger charge is 2.14. The van der Waals surface area contributed by atoms with Gasteiger partial charge in [0.25, 0.3) is 0 Å². The average molecular weight is 326 g/mol. The third-order valence-corrected chi connectivity index (χ3v) is 5.65. The second kappa shape index (κ2) is 7.02. The number of hydrogen-bond acceptors (Lipinski definition) is 3. The lowest BCUT2D eigenvalue weighted by atomic mass is 10.0. The average Bonchev–Trinajstić information content (AvgIpc) is 2.53. The summed E-state index contributed by atoms with van der Waals surface area (Å²) in [4.78, 5) is 12.0. The van der Waals surface area contributed by atoms with Crippen molar-refractivity contribution in [3.05, 3.63) is 56.2 Å². The zero-order valence-electron chi connectivity index (χ0n) is 16.8. The first kappa shape index (κ1) is 18.6. The fraction of sp³-hybridized carbons (Fsp3) is 0.524. The summed E-state index contributed by atoms with van der Waals surface area (Å²) in [6, 6.07) is 0. The van der Waals surface area contributed by atoms with E-state index in [-0.39, 0.29) is 0 Å². The molecule has 2 rings (SSSR count). The van der Waals surface area contributed by atoms with Crippen LogP contribution in [0.25, 0.3) is 0 Å². The van der Waals surface area contributed by atoms with Crippen molar-refractivity contribution < 1.29 is 0 Å². The Morgan fingerprint density at radius 2 is 0.875 bits per heavy atom. The summed E-state index contributed by atoms with van der Waals surface area (Å²) in [5.41, 5.74) is 12.6. The maximum absolute atomic E-state index is 4.82. The van der Waals surface area contributed by atoms with Gasteiger partial charge in [0.2, 0.25) is 0 Å². The summed E-state index contributed by atoms with van der Waals surface area (Å²) < 4.78 is 0. The third kappa shape index (κ3) is 3.51. The summed E-state index contributed by atoms with van der Waals surface area (Å²) in [7, 11) is 2.15. The third-order valence-electron chi connectivity index (χ3n) is 5.65. The number of pyridine rings is 2. The molecule has 24 heavy (non-hydrogen) atoms. The van der Waals surface area contributed by atoms with Gasteiger partial charge in [-0.1, -0.05) is 0 Å². The second-order valence-corrected chi connectivity index (χ2v) is 7.21. The van der Waals surface area contributed by atoms with Crippen LogP contribution >= 0.6 is 0 Å². The van der Waals surface area contributed by atoms with Crippen LogP contribution < -0.4 is 0 Å². The molecule has 0 radical (unpaired) electrons. The minimum atomic E-state index is 0.848. The van der Waals surface area contributed by atoms with Crippen molar-refractivity contribution in [3.63, 3.8) is 0 Å². The summed E-state index contributed by atoms with van der Waals surface area (Å²) in [5, 5.41) is 0. The van der Waals surface area contributed by atoms with E-state index >= 15 is 0 Å². The predicted octanol–water partition coefficient (Wildman–Crippen LogP) is 4.58. The van der Waals surface area contributed by atoms with Gasteiger partial charge < -0.3 is 0 Å². The van der Waals surface area contributed by atoms with E-state index in [1.807, 2.05) is 0 Å². The Hall–Kier alpha value is -1.74. The van der Waals surface area contributed by atoms with Crippen LogP contribution in [0, 0.1) is 55.4 Å². The number of hydrogen-bond donors (Lipinski definition) is 0. The van der Waals surface area contributed by atoms with Crippen molar-refractivity contribution >= 4 is 0 Å². The molecule has 0 atom stereocenters. The molecule has 0 aromatic carbocycles. The number of aromatic nitrogens is 2. The molecule has 0 N–H and O–H groups in total. The second-order valence-electron chi connectivity index (χ2n) is 7.21. The molecule has 3 nitrogen and oxygen atoms in total. The molecule has 0 unspecified atom stereocenters. The molecule has 0 fully saturated rings. The van der Waals surface area contributed by atoms with E-state index in [0.29, 0.717) is 0 Å². The van der Waals surface area contributed by atoms with Gasteiger partial charge in [0.1, 0.15) is 0 Å². The number of rotatable bonds is 4. The molecule has 0 aliphatic heterocycles. The molecule has 0 amide bonds. The molecule has 0 saturated carbocycles. The Kier molecular flexibility index (Phi) is 5.44. The first-order chi connectivity index (χ1) is 11.1. The van der Waals surface area contributed by atoms with Crippen molar-refractivity contribution in [2.75, 3.05) is 7.05 Å². The van der Waals surface area contributed by atoms with Crippen LogP contribution in [0.5, 0.6) is 0 Å². The van der Waals surface area contributed by atoms with Gasteiger partial charge in [0, 0.05) is 24.5 Å². The van der Waals surface area contributed by atoms with E-state index in [4.69, 9.17) is 9.97 Å². The summed E-state index contributed by atoms with van der Waals surface area (Å²) in [6.07, 6.45) is 0. The Balaban J connectivity index is 2.25. The number of aryl methyl sites for hydroxylation is 2. The van der Waals surface area contributed by atoms with E-state index < -0.39 is 0 Å². The monoisotopic (exact) mass is 325 g/mol. The quantitative estimate of drug-likeness (QED) is 0.824. The Morgan fingerprint density at radius 3 is 1.21 bits per heavy atom. The van der Waals surface area contributed by atoms with E-state index in [2.05, 4.69) is 67.3 Å². The maximum atomic E-state index is 4.82. The normalized spacial score (nSPS) is 11.4. The summed E-state index contributed by atoms with van der Waals surface area (Å²) in [5.74, 6) is 0. The highest BCUT2D eigenvalue weighted by atomic mass is 15.1. The molecule has 2 heterocycles. The van der Waals surface area contributed by atoms with Crippen molar-refractivity contribution in [1.82, 2.24) is 14.9 Å². The molecule has 0 aliphatic carbocycles. The zero-order valence-corrected chi connectivity index (χ0v) is 16.8. The van der Waals surface area contributed by atoms with E-state index in [1.165, 1.54) is 44.8 Å². The maximum Gasteiger partial charge on any atom is 0.0579 e. The highest BCUT2D eigenvalue weighted by molar-refractivity contribution is 5.39. The van der Waals surface area contributed by atoms with Gasteiger partial charge in [-0.05, 0) is 95.8 Å².